The van der Waals surface area contributed by atoms with Gasteiger partial charge in [0.15, 0.2) is 0 Å². The SMILES string of the molecule is CN1CCCC1C(=O)N1CCN(CCCCO)CC1. The zero-order chi connectivity index (χ0) is 13.7. The summed E-state index contributed by atoms with van der Waals surface area (Å²) < 4.78 is 0. The molecule has 0 saturated carbocycles. The number of aliphatic hydroxyl groups excluding tert-OH is 1. The van der Waals surface area contributed by atoms with Crippen LogP contribution in [0.2, 0.25) is 0 Å². The molecule has 2 aliphatic rings. The Hall–Kier alpha value is -0.650. The third-order valence-electron chi connectivity index (χ3n) is 4.37. The molecule has 0 bridgehead atoms. The molecular formula is C14H27N3O2. The first kappa shape index (κ1) is 14.8. The monoisotopic (exact) mass is 269 g/mol. The molecule has 0 radical (unpaired) electrons. The molecule has 1 amide bonds. The van der Waals surface area contributed by atoms with Crippen molar-refractivity contribution < 1.29 is 9.90 Å². The van der Waals surface area contributed by atoms with E-state index in [9.17, 15) is 4.79 Å². The van der Waals surface area contributed by atoms with Gasteiger partial charge in [-0.1, -0.05) is 0 Å². The predicted molar refractivity (Wildman–Crippen MR) is 75.0 cm³/mol. The summed E-state index contributed by atoms with van der Waals surface area (Å²) in [5.74, 6) is 0.329. The Labute approximate surface area is 116 Å². The fourth-order valence-electron chi connectivity index (χ4n) is 3.07. The average Bonchev–Trinajstić information content (AvgIpc) is 2.85. The van der Waals surface area contributed by atoms with Crippen LogP contribution in [0.4, 0.5) is 0 Å². The standard InChI is InChI=1S/C14H27N3O2/c1-15-6-4-5-13(15)14(19)17-10-8-16(9-11-17)7-2-3-12-18/h13,18H,2-12H2,1H3. The van der Waals surface area contributed by atoms with Crippen molar-refractivity contribution in [3.63, 3.8) is 0 Å². The van der Waals surface area contributed by atoms with E-state index in [4.69, 9.17) is 5.11 Å². The molecule has 2 fully saturated rings. The second-order valence-corrected chi connectivity index (χ2v) is 5.74. The smallest absolute Gasteiger partial charge is 0.240 e. The van der Waals surface area contributed by atoms with Crippen molar-refractivity contribution in [2.75, 3.05) is 52.9 Å². The molecule has 0 aromatic heterocycles. The first-order valence-corrected chi connectivity index (χ1v) is 7.54. The number of hydrogen-bond acceptors (Lipinski definition) is 4. The van der Waals surface area contributed by atoms with E-state index in [2.05, 4.69) is 16.8 Å². The number of unbranched alkanes of at least 4 members (excludes halogenated alkanes) is 1. The summed E-state index contributed by atoms with van der Waals surface area (Å²) >= 11 is 0. The van der Waals surface area contributed by atoms with Crippen LogP contribution in [0.5, 0.6) is 0 Å². The molecule has 0 aliphatic carbocycles. The number of likely N-dealkylation sites (N-methyl/N-ethyl adjacent to an activating group) is 1. The van der Waals surface area contributed by atoms with Crippen molar-refractivity contribution in [3.05, 3.63) is 0 Å². The van der Waals surface area contributed by atoms with Gasteiger partial charge in [-0.3, -0.25) is 14.6 Å². The Bertz CT molecular complexity index is 290. The van der Waals surface area contributed by atoms with Gasteiger partial charge in [0, 0.05) is 32.8 Å². The summed E-state index contributed by atoms with van der Waals surface area (Å²) in [4.78, 5) is 19.0. The molecule has 1 atom stereocenters. The molecule has 0 aromatic rings. The molecule has 2 aliphatic heterocycles. The Morgan fingerprint density at radius 1 is 1.16 bits per heavy atom. The van der Waals surface area contributed by atoms with Gasteiger partial charge in [0.1, 0.15) is 0 Å². The molecule has 0 spiro atoms. The first-order valence-electron chi connectivity index (χ1n) is 7.54. The third kappa shape index (κ3) is 3.91. The maximum absolute atomic E-state index is 12.4. The Morgan fingerprint density at radius 2 is 1.89 bits per heavy atom. The molecule has 19 heavy (non-hydrogen) atoms. The van der Waals surface area contributed by atoms with Crippen LogP contribution in [-0.2, 0) is 4.79 Å². The van der Waals surface area contributed by atoms with Gasteiger partial charge in [0.05, 0.1) is 6.04 Å². The van der Waals surface area contributed by atoms with Crippen LogP contribution in [0.3, 0.4) is 0 Å². The van der Waals surface area contributed by atoms with Crippen LogP contribution < -0.4 is 0 Å². The fourth-order valence-corrected chi connectivity index (χ4v) is 3.07. The molecule has 0 aromatic carbocycles. The lowest BCUT2D eigenvalue weighted by atomic mass is 10.1. The minimum absolute atomic E-state index is 0.126. The van der Waals surface area contributed by atoms with Gasteiger partial charge in [-0.25, -0.2) is 0 Å². The van der Waals surface area contributed by atoms with Crippen molar-refractivity contribution in [2.24, 2.45) is 0 Å². The van der Waals surface area contributed by atoms with E-state index in [1.807, 2.05) is 4.90 Å². The van der Waals surface area contributed by atoms with Gasteiger partial charge in [-0.05, 0) is 45.8 Å². The topological polar surface area (TPSA) is 47.0 Å². The second kappa shape index (κ2) is 7.22. The highest BCUT2D eigenvalue weighted by atomic mass is 16.2. The minimum Gasteiger partial charge on any atom is -0.396 e. The maximum atomic E-state index is 12.4. The number of hydrogen-bond donors (Lipinski definition) is 1. The molecule has 5 nitrogen and oxygen atoms in total. The second-order valence-electron chi connectivity index (χ2n) is 5.74. The van der Waals surface area contributed by atoms with Gasteiger partial charge in [0.25, 0.3) is 0 Å². The minimum atomic E-state index is 0.126. The number of carbonyl (C=O) groups is 1. The van der Waals surface area contributed by atoms with E-state index in [0.29, 0.717) is 5.91 Å². The van der Waals surface area contributed by atoms with Gasteiger partial charge in [-0.2, -0.15) is 0 Å². The highest BCUT2D eigenvalue weighted by Crippen LogP contribution is 2.18. The number of likely N-dealkylation sites (tertiary alicyclic amines) is 1. The number of nitrogens with zero attached hydrogens (tertiary/aromatic N) is 3. The van der Waals surface area contributed by atoms with Crippen molar-refractivity contribution in [3.8, 4) is 0 Å². The summed E-state index contributed by atoms with van der Waals surface area (Å²) in [7, 11) is 2.06. The van der Waals surface area contributed by atoms with E-state index in [-0.39, 0.29) is 12.6 Å². The fraction of sp³-hybridized carbons (Fsp3) is 0.929. The lowest BCUT2D eigenvalue weighted by Gasteiger charge is -2.36. The van der Waals surface area contributed by atoms with Gasteiger partial charge < -0.3 is 10.0 Å². The molecular weight excluding hydrogens is 242 g/mol. The van der Waals surface area contributed by atoms with E-state index in [1.165, 1.54) is 0 Å². The number of amides is 1. The summed E-state index contributed by atoms with van der Waals surface area (Å²) in [6.45, 7) is 6.07. The molecule has 2 heterocycles. The summed E-state index contributed by atoms with van der Waals surface area (Å²) in [5.41, 5.74) is 0. The Balaban J connectivity index is 1.72. The summed E-state index contributed by atoms with van der Waals surface area (Å²) in [5, 5.41) is 8.78. The molecule has 110 valence electrons. The van der Waals surface area contributed by atoms with E-state index < -0.39 is 0 Å². The van der Waals surface area contributed by atoms with Gasteiger partial charge >= 0.3 is 0 Å². The average molecular weight is 269 g/mol. The van der Waals surface area contributed by atoms with E-state index in [1.54, 1.807) is 0 Å². The maximum Gasteiger partial charge on any atom is 0.240 e. The lowest BCUT2D eigenvalue weighted by Crippen LogP contribution is -2.53. The van der Waals surface area contributed by atoms with Gasteiger partial charge in [0.2, 0.25) is 5.91 Å². The van der Waals surface area contributed by atoms with E-state index >= 15 is 0 Å². The highest BCUT2D eigenvalue weighted by Gasteiger charge is 2.32. The normalized spacial score (nSPS) is 26.0. The summed E-state index contributed by atoms with van der Waals surface area (Å²) in [6.07, 6.45) is 4.10. The summed E-state index contributed by atoms with van der Waals surface area (Å²) in [6, 6.07) is 0.126. The Morgan fingerprint density at radius 3 is 2.47 bits per heavy atom. The van der Waals surface area contributed by atoms with Crippen molar-refractivity contribution in [1.29, 1.82) is 0 Å². The number of piperazine rings is 1. The van der Waals surface area contributed by atoms with Crippen LogP contribution in [0.1, 0.15) is 25.7 Å². The van der Waals surface area contributed by atoms with E-state index in [0.717, 1.165) is 65.0 Å². The van der Waals surface area contributed by atoms with Crippen molar-refractivity contribution in [1.82, 2.24) is 14.7 Å². The van der Waals surface area contributed by atoms with Crippen molar-refractivity contribution >= 4 is 5.91 Å². The number of aliphatic hydroxyl groups is 1. The first-order chi connectivity index (χ1) is 9.22. The molecule has 2 rings (SSSR count). The largest absolute Gasteiger partial charge is 0.396 e. The lowest BCUT2D eigenvalue weighted by molar-refractivity contribution is -0.137. The molecule has 1 unspecified atom stereocenters. The number of rotatable bonds is 5. The molecule has 1 N–H and O–H groups in total. The van der Waals surface area contributed by atoms with Gasteiger partial charge in [-0.15, -0.1) is 0 Å². The third-order valence-corrected chi connectivity index (χ3v) is 4.37. The van der Waals surface area contributed by atoms with Crippen LogP contribution in [0.25, 0.3) is 0 Å². The predicted octanol–water partition coefficient (Wildman–Crippen LogP) is -0.00270. The Kier molecular flexibility index (Phi) is 5.60. The van der Waals surface area contributed by atoms with Crippen LogP contribution in [-0.4, -0.2) is 84.7 Å². The number of carbonyl (C=O) groups excluding carboxylic acids is 1. The zero-order valence-electron chi connectivity index (χ0n) is 12.1. The van der Waals surface area contributed by atoms with Crippen molar-refractivity contribution in [2.45, 2.75) is 31.7 Å². The molecule has 5 heteroatoms. The van der Waals surface area contributed by atoms with Crippen LogP contribution >= 0.6 is 0 Å². The zero-order valence-corrected chi connectivity index (χ0v) is 12.1. The molecule has 2 saturated heterocycles. The van der Waals surface area contributed by atoms with Crippen LogP contribution in [0.15, 0.2) is 0 Å². The highest BCUT2D eigenvalue weighted by molar-refractivity contribution is 5.82. The quantitative estimate of drug-likeness (QED) is 0.714. The van der Waals surface area contributed by atoms with Crippen LogP contribution in [0, 0.1) is 0 Å².